The minimum atomic E-state index is 0.0304. The van der Waals surface area contributed by atoms with Gasteiger partial charge in [0.25, 0.3) is 0 Å². The van der Waals surface area contributed by atoms with Crippen LogP contribution in [0, 0.1) is 0 Å². The number of hydrogen-bond acceptors (Lipinski definition) is 2. The van der Waals surface area contributed by atoms with Crippen molar-refractivity contribution in [2.75, 3.05) is 20.6 Å². The summed E-state index contributed by atoms with van der Waals surface area (Å²) < 4.78 is 0. The van der Waals surface area contributed by atoms with Crippen molar-refractivity contribution in [2.45, 2.75) is 19.4 Å². The van der Waals surface area contributed by atoms with E-state index in [0.717, 1.165) is 13.0 Å². The number of likely N-dealkylation sites (N-methyl/N-ethyl adjacent to an activating group) is 1. The number of nitrogens with one attached hydrogen (secondary N) is 1. The molecule has 0 saturated heterocycles. The van der Waals surface area contributed by atoms with Gasteiger partial charge in [-0.1, -0.05) is 30.3 Å². The number of benzene rings is 1. The second-order valence-corrected chi connectivity index (χ2v) is 4.35. The van der Waals surface area contributed by atoms with Gasteiger partial charge in [0, 0.05) is 19.5 Å². The maximum absolute atomic E-state index is 11.1. The monoisotopic (exact) mass is 220 g/mol. The van der Waals surface area contributed by atoms with E-state index < -0.39 is 0 Å². The first-order valence-electron chi connectivity index (χ1n) is 5.53. The van der Waals surface area contributed by atoms with E-state index in [4.69, 9.17) is 0 Å². The molecule has 0 spiro atoms. The third-order valence-corrected chi connectivity index (χ3v) is 2.32. The van der Waals surface area contributed by atoms with E-state index in [1.807, 2.05) is 32.3 Å². The summed E-state index contributed by atoms with van der Waals surface area (Å²) in [6.07, 6.45) is 0.874. The average molecular weight is 220 g/mol. The largest absolute Gasteiger partial charge is 0.352 e. The minimum absolute atomic E-state index is 0.0304. The lowest BCUT2D eigenvalue weighted by Crippen LogP contribution is -2.42. The molecule has 0 heterocycles. The van der Waals surface area contributed by atoms with Gasteiger partial charge in [-0.2, -0.15) is 0 Å². The van der Waals surface area contributed by atoms with Gasteiger partial charge in [-0.05, 0) is 26.1 Å². The van der Waals surface area contributed by atoms with Crippen molar-refractivity contribution >= 4 is 5.91 Å². The van der Waals surface area contributed by atoms with Crippen LogP contribution < -0.4 is 5.32 Å². The van der Waals surface area contributed by atoms with E-state index in [0.29, 0.717) is 0 Å². The quantitative estimate of drug-likeness (QED) is 0.811. The van der Waals surface area contributed by atoms with Crippen LogP contribution in [0.4, 0.5) is 0 Å². The van der Waals surface area contributed by atoms with Crippen molar-refractivity contribution < 1.29 is 4.79 Å². The Bertz CT molecular complexity index is 322. The Morgan fingerprint density at radius 2 is 1.94 bits per heavy atom. The highest BCUT2D eigenvalue weighted by molar-refractivity contribution is 5.73. The van der Waals surface area contributed by atoms with Crippen LogP contribution in [-0.2, 0) is 11.2 Å². The molecule has 3 nitrogen and oxygen atoms in total. The standard InChI is InChI=1S/C13H20N2O/c1-11(16)14-13(10-15(2)3)9-12-7-5-4-6-8-12/h4-8,13H,9-10H2,1-3H3,(H,14,16)/t13-/m1/s1. The molecule has 1 rings (SSSR count). The van der Waals surface area contributed by atoms with Crippen molar-refractivity contribution in [1.82, 2.24) is 10.2 Å². The first-order valence-corrected chi connectivity index (χ1v) is 5.53. The summed E-state index contributed by atoms with van der Waals surface area (Å²) in [4.78, 5) is 13.2. The SMILES string of the molecule is CC(=O)N[C@H](Cc1ccccc1)CN(C)C. The molecule has 0 aromatic heterocycles. The van der Waals surface area contributed by atoms with Crippen LogP contribution in [0.3, 0.4) is 0 Å². The zero-order valence-electron chi connectivity index (χ0n) is 10.2. The molecule has 0 aliphatic carbocycles. The van der Waals surface area contributed by atoms with Crippen molar-refractivity contribution in [3.63, 3.8) is 0 Å². The summed E-state index contributed by atoms with van der Waals surface area (Å²) >= 11 is 0. The lowest BCUT2D eigenvalue weighted by molar-refractivity contribution is -0.119. The van der Waals surface area contributed by atoms with Crippen molar-refractivity contribution in [3.8, 4) is 0 Å². The molecule has 0 bridgehead atoms. The number of hydrogen-bond donors (Lipinski definition) is 1. The zero-order valence-corrected chi connectivity index (χ0v) is 10.2. The topological polar surface area (TPSA) is 32.3 Å². The molecule has 0 fully saturated rings. The highest BCUT2D eigenvalue weighted by Crippen LogP contribution is 2.03. The van der Waals surface area contributed by atoms with E-state index in [9.17, 15) is 4.79 Å². The van der Waals surface area contributed by atoms with Crippen LogP contribution in [0.1, 0.15) is 12.5 Å². The van der Waals surface area contributed by atoms with Crippen LogP contribution in [-0.4, -0.2) is 37.5 Å². The van der Waals surface area contributed by atoms with Gasteiger partial charge in [-0.15, -0.1) is 0 Å². The van der Waals surface area contributed by atoms with Gasteiger partial charge in [-0.25, -0.2) is 0 Å². The molecule has 1 aromatic rings. The van der Waals surface area contributed by atoms with E-state index in [1.165, 1.54) is 5.56 Å². The molecule has 1 aromatic carbocycles. The van der Waals surface area contributed by atoms with Crippen LogP contribution in [0.5, 0.6) is 0 Å². The summed E-state index contributed by atoms with van der Waals surface area (Å²) in [6.45, 7) is 2.42. The van der Waals surface area contributed by atoms with Gasteiger partial charge in [0.05, 0.1) is 0 Å². The molecule has 0 radical (unpaired) electrons. The van der Waals surface area contributed by atoms with Gasteiger partial charge >= 0.3 is 0 Å². The zero-order chi connectivity index (χ0) is 12.0. The molecular weight excluding hydrogens is 200 g/mol. The van der Waals surface area contributed by atoms with Crippen LogP contribution in [0.15, 0.2) is 30.3 Å². The Hall–Kier alpha value is -1.35. The van der Waals surface area contributed by atoms with Gasteiger partial charge in [-0.3, -0.25) is 4.79 Å². The maximum atomic E-state index is 11.1. The number of rotatable bonds is 5. The van der Waals surface area contributed by atoms with Gasteiger partial charge in [0.2, 0.25) is 5.91 Å². The Balaban J connectivity index is 2.59. The molecule has 0 saturated carbocycles. The molecule has 0 aliphatic heterocycles. The predicted molar refractivity (Wildman–Crippen MR) is 66.3 cm³/mol. The summed E-state index contributed by atoms with van der Waals surface area (Å²) in [7, 11) is 4.03. The van der Waals surface area contributed by atoms with Gasteiger partial charge < -0.3 is 10.2 Å². The highest BCUT2D eigenvalue weighted by atomic mass is 16.1. The molecule has 1 N–H and O–H groups in total. The van der Waals surface area contributed by atoms with Crippen molar-refractivity contribution in [1.29, 1.82) is 0 Å². The lowest BCUT2D eigenvalue weighted by atomic mass is 10.1. The summed E-state index contributed by atoms with van der Waals surface area (Å²) in [6, 6.07) is 10.4. The fourth-order valence-electron chi connectivity index (χ4n) is 1.79. The molecular formula is C13H20N2O. The molecule has 16 heavy (non-hydrogen) atoms. The summed E-state index contributed by atoms with van der Waals surface area (Å²) in [5.74, 6) is 0.0304. The van der Waals surface area contributed by atoms with E-state index >= 15 is 0 Å². The summed E-state index contributed by atoms with van der Waals surface area (Å²) in [5.41, 5.74) is 1.25. The van der Waals surface area contributed by atoms with Gasteiger partial charge in [0.1, 0.15) is 0 Å². The molecule has 3 heteroatoms. The minimum Gasteiger partial charge on any atom is -0.352 e. The molecule has 0 aliphatic rings. The van der Waals surface area contributed by atoms with E-state index in [-0.39, 0.29) is 11.9 Å². The number of carbonyl (C=O) groups excluding carboxylic acids is 1. The van der Waals surface area contributed by atoms with E-state index in [1.54, 1.807) is 6.92 Å². The normalized spacial score (nSPS) is 12.5. The highest BCUT2D eigenvalue weighted by Gasteiger charge is 2.11. The first-order chi connectivity index (χ1) is 7.58. The fraction of sp³-hybridized carbons (Fsp3) is 0.462. The Kier molecular flexibility index (Phi) is 4.99. The third kappa shape index (κ3) is 4.94. The van der Waals surface area contributed by atoms with Crippen molar-refractivity contribution in [2.24, 2.45) is 0 Å². The molecule has 1 amide bonds. The number of carbonyl (C=O) groups is 1. The predicted octanol–water partition coefficient (Wildman–Crippen LogP) is 1.30. The first kappa shape index (κ1) is 12.7. The maximum Gasteiger partial charge on any atom is 0.217 e. The Labute approximate surface area is 97.5 Å². The smallest absolute Gasteiger partial charge is 0.217 e. The lowest BCUT2D eigenvalue weighted by Gasteiger charge is -2.21. The fourth-order valence-corrected chi connectivity index (χ4v) is 1.79. The Morgan fingerprint density at radius 3 is 2.44 bits per heavy atom. The molecule has 1 atom stereocenters. The van der Waals surface area contributed by atoms with Gasteiger partial charge in [0.15, 0.2) is 0 Å². The van der Waals surface area contributed by atoms with Crippen molar-refractivity contribution in [3.05, 3.63) is 35.9 Å². The van der Waals surface area contributed by atoms with Crippen LogP contribution >= 0.6 is 0 Å². The second kappa shape index (κ2) is 6.28. The summed E-state index contributed by atoms with van der Waals surface area (Å²) in [5, 5.41) is 2.98. The second-order valence-electron chi connectivity index (χ2n) is 4.35. The number of amides is 1. The third-order valence-electron chi connectivity index (χ3n) is 2.32. The van der Waals surface area contributed by atoms with E-state index in [2.05, 4.69) is 22.3 Å². The Morgan fingerprint density at radius 1 is 1.31 bits per heavy atom. The molecule has 88 valence electrons. The number of nitrogens with zero attached hydrogens (tertiary/aromatic N) is 1. The van der Waals surface area contributed by atoms with Crippen LogP contribution in [0.2, 0.25) is 0 Å². The molecule has 0 unspecified atom stereocenters. The average Bonchev–Trinajstić information content (AvgIpc) is 2.16. The van der Waals surface area contributed by atoms with Crippen LogP contribution in [0.25, 0.3) is 0 Å².